The molecule has 0 radical (unpaired) electrons. The first-order valence-corrected chi connectivity index (χ1v) is 7.59. The summed E-state index contributed by atoms with van der Waals surface area (Å²) in [6.07, 6.45) is 11.9. The lowest BCUT2D eigenvalue weighted by atomic mass is 9.76. The van der Waals surface area contributed by atoms with E-state index in [4.69, 9.17) is 0 Å². The van der Waals surface area contributed by atoms with Crippen LogP contribution in [0.3, 0.4) is 0 Å². The van der Waals surface area contributed by atoms with Crippen LogP contribution >= 0.6 is 0 Å². The largest absolute Gasteiger partial charge is 0.296 e. The van der Waals surface area contributed by atoms with Crippen molar-refractivity contribution in [2.24, 2.45) is 17.3 Å². The van der Waals surface area contributed by atoms with Crippen LogP contribution in [0.2, 0.25) is 0 Å². The van der Waals surface area contributed by atoms with Gasteiger partial charge < -0.3 is 0 Å². The van der Waals surface area contributed by atoms with E-state index in [0.717, 1.165) is 25.7 Å². The maximum Gasteiger partial charge on any atom is 0.233 e. The molecule has 0 bridgehead atoms. The summed E-state index contributed by atoms with van der Waals surface area (Å²) in [4.78, 5) is 24.0. The van der Waals surface area contributed by atoms with E-state index in [1.807, 2.05) is 0 Å². The highest BCUT2D eigenvalue weighted by atomic mass is 16.2. The molecule has 3 rings (SSSR count). The lowest BCUT2D eigenvalue weighted by Gasteiger charge is -2.25. The Morgan fingerprint density at radius 2 is 1.44 bits per heavy atom. The van der Waals surface area contributed by atoms with Gasteiger partial charge in [0.1, 0.15) is 0 Å². The molecule has 0 aromatic rings. The molecule has 1 saturated heterocycles. The van der Waals surface area contributed by atoms with Crippen molar-refractivity contribution < 1.29 is 9.59 Å². The van der Waals surface area contributed by atoms with Gasteiger partial charge >= 0.3 is 0 Å². The second-order valence-corrected chi connectivity index (χ2v) is 6.41. The van der Waals surface area contributed by atoms with Crippen molar-refractivity contribution in [3.8, 4) is 0 Å². The van der Waals surface area contributed by atoms with E-state index in [9.17, 15) is 9.59 Å². The Kier molecular flexibility index (Phi) is 3.16. The minimum absolute atomic E-state index is 0.00287. The highest BCUT2D eigenvalue weighted by Crippen LogP contribution is 2.58. The van der Waals surface area contributed by atoms with E-state index in [2.05, 4.69) is 5.32 Å². The summed E-state index contributed by atoms with van der Waals surface area (Å²) in [5, 5.41) is 2.59. The SMILES string of the molecule is O=C1NC(=O)C2(CC2)C1C1CCCCCCCC1. The zero-order chi connectivity index (χ0) is 12.6. The van der Waals surface area contributed by atoms with Crippen LogP contribution in [0.25, 0.3) is 0 Å². The molecule has 2 aliphatic carbocycles. The summed E-state index contributed by atoms with van der Waals surface area (Å²) >= 11 is 0. The fourth-order valence-corrected chi connectivity index (χ4v) is 4.04. The topological polar surface area (TPSA) is 46.2 Å². The molecule has 1 N–H and O–H groups in total. The molecular formula is C15H23NO2. The van der Waals surface area contributed by atoms with Gasteiger partial charge in [0, 0.05) is 0 Å². The van der Waals surface area contributed by atoms with Crippen molar-refractivity contribution in [3.05, 3.63) is 0 Å². The number of hydrogen-bond donors (Lipinski definition) is 1. The molecule has 3 aliphatic rings. The molecule has 3 nitrogen and oxygen atoms in total. The van der Waals surface area contributed by atoms with Gasteiger partial charge in [0.15, 0.2) is 0 Å². The van der Waals surface area contributed by atoms with Gasteiger partial charge in [-0.05, 0) is 31.6 Å². The average Bonchev–Trinajstić information content (AvgIpc) is 3.04. The molecule has 3 heteroatoms. The Hall–Kier alpha value is -0.860. The van der Waals surface area contributed by atoms with Gasteiger partial charge in [0.25, 0.3) is 0 Å². The lowest BCUT2D eigenvalue weighted by Crippen LogP contribution is -2.28. The van der Waals surface area contributed by atoms with Crippen LogP contribution < -0.4 is 5.32 Å². The first-order chi connectivity index (χ1) is 8.74. The molecule has 2 saturated carbocycles. The molecule has 0 aromatic carbocycles. The average molecular weight is 249 g/mol. The summed E-state index contributed by atoms with van der Waals surface area (Å²) < 4.78 is 0. The van der Waals surface area contributed by atoms with Crippen molar-refractivity contribution in [3.63, 3.8) is 0 Å². The Morgan fingerprint density at radius 3 is 2.00 bits per heavy atom. The molecule has 2 amide bonds. The van der Waals surface area contributed by atoms with Crippen LogP contribution in [0.1, 0.15) is 64.2 Å². The monoisotopic (exact) mass is 249 g/mol. The molecule has 100 valence electrons. The second kappa shape index (κ2) is 4.67. The fourth-order valence-electron chi connectivity index (χ4n) is 4.04. The molecule has 0 aromatic heterocycles. The lowest BCUT2D eigenvalue weighted by molar-refractivity contribution is -0.126. The summed E-state index contributed by atoms with van der Waals surface area (Å²) in [6, 6.07) is 0. The summed E-state index contributed by atoms with van der Waals surface area (Å²) in [7, 11) is 0. The summed E-state index contributed by atoms with van der Waals surface area (Å²) in [5.74, 6) is 0.513. The zero-order valence-electron chi connectivity index (χ0n) is 11.0. The second-order valence-electron chi connectivity index (χ2n) is 6.41. The summed E-state index contributed by atoms with van der Waals surface area (Å²) in [5.41, 5.74) is -0.268. The molecule has 18 heavy (non-hydrogen) atoms. The Bertz CT molecular complexity index is 350. The smallest absolute Gasteiger partial charge is 0.233 e. The molecule has 1 atom stereocenters. The van der Waals surface area contributed by atoms with Crippen molar-refractivity contribution in [2.75, 3.05) is 0 Å². The number of amides is 2. The first-order valence-electron chi connectivity index (χ1n) is 7.59. The minimum atomic E-state index is -0.268. The van der Waals surface area contributed by atoms with Gasteiger partial charge in [-0.2, -0.15) is 0 Å². The molecule has 1 unspecified atom stereocenters. The standard InChI is InChI=1S/C15H23NO2/c17-13-12(15(9-10-15)14(18)16-13)11-7-5-3-1-2-4-6-8-11/h11-12H,1-10H2,(H,16,17,18). The minimum Gasteiger partial charge on any atom is -0.296 e. The van der Waals surface area contributed by atoms with Crippen LogP contribution in [0, 0.1) is 17.3 Å². The Morgan fingerprint density at radius 1 is 0.889 bits per heavy atom. The zero-order valence-corrected chi connectivity index (χ0v) is 11.0. The van der Waals surface area contributed by atoms with Crippen LogP contribution in [0.4, 0.5) is 0 Å². The predicted molar refractivity (Wildman–Crippen MR) is 68.7 cm³/mol. The van der Waals surface area contributed by atoms with Crippen LogP contribution in [0.15, 0.2) is 0 Å². The van der Waals surface area contributed by atoms with E-state index < -0.39 is 0 Å². The third kappa shape index (κ3) is 1.98. The van der Waals surface area contributed by atoms with Crippen LogP contribution in [0.5, 0.6) is 0 Å². The molecule has 1 aliphatic heterocycles. The Balaban J connectivity index is 1.75. The van der Waals surface area contributed by atoms with Gasteiger partial charge in [0.2, 0.25) is 11.8 Å². The van der Waals surface area contributed by atoms with Gasteiger partial charge in [-0.25, -0.2) is 0 Å². The van der Waals surface area contributed by atoms with Crippen LogP contribution in [-0.4, -0.2) is 11.8 Å². The highest BCUT2D eigenvalue weighted by Gasteiger charge is 2.64. The van der Waals surface area contributed by atoms with Crippen molar-refractivity contribution in [2.45, 2.75) is 64.2 Å². The fraction of sp³-hybridized carbons (Fsp3) is 0.867. The predicted octanol–water partition coefficient (Wildman–Crippen LogP) is 2.79. The van der Waals surface area contributed by atoms with Crippen molar-refractivity contribution in [1.82, 2.24) is 5.32 Å². The van der Waals surface area contributed by atoms with E-state index in [0.29, 0.717) is 5.92 Å². The van der Waals surface area contributed by atoms with Crippen molar-refractivity contribution in [1.29, 1.82) is 0 Å². The normalized spacial score (nSPS) is 32.8. The van der Waals surface area contributed by atoms with E-state index >= 15 is 0 Å². The number of imide groups is 1. The number of carbonyl (C=O) groups excluding carboxylic acids is 2. The van der Waals surface area contributed by atoms with Gasteiger partial charge in [-0.3, -0.25) is 14.9 Å². The molecular weight excluding hydrogens is 226 g/mol. The van der Waals surface area contributed by atoms with E-state index in [-0.39, 0.29) is 23.1 Å². The summed E-state index contributed by atoms with van der Waals surface area (Å²) in [6.45, 7) is 0. The Labute approximate surface area is 109 Å². The number of carbonyl (C=O) groups is 2. The third-order valence-electron chi connectivity index (χ3n) is 5.23. The van der Waals surface area contributed by atoms with E-state index in [1.165, 1.54) is 38.5 Å². The first kappa shape index (κ1) is 12.2. The molecule has 1 spiro atoms. The quantitative estimate of drug-likeness (QED) is 0.726. The number of nitrogens with one attached hydrogen (secondary N) is 1. The molecule has 1 heterocycles. The maximum atomic E-state index is 12.1. The van der Waals surface area contributed by atoms with Gasteiger partial charge in [-0.1, -0.05) is 38.5 Å². The van der Waals surface area contributed by atoms with Gasteiger partial charge in [0.05, 0.1) is 11.3 Å². The van der Waals surface area contributed by atoms with Crippen molar-refractivity contribution >= 4 is 11.8 Å². The number of hydrogen-bond acceptors (Lipinski definition) is 2. The van der Waals surface area contributed by atoms with Gasteiger partial charge in [-0.15, -0.1) is 0 Å². The molecule has 3 fully saturated rings. The van der Waals surface area contributed by atoms with E-state index in [1.54, 1.807) is 0 Å². The highest BCUT2D eigenvalue weighted by molar-refractivity contribution is 6.09. The third-order valence-corrected chi connectivity index (χ3v) is 5.23. The van der Waals surface area contributed by atoms with Crippen LogP contribution in [-0.2, 0) is 9.59 Å². The number of rotatable bonds is 1. The maximum absolute atomic E-state index is 12.1.